The van der Waals surface area contributed by atoms with Crippen molar-refractivity contribution in [3.63, 3.8) is 0 Å². The Morgan fingerprint density at radius 3 is 2.50 bits per heavy atom. The fraction of sp³-hybridized carbons (Fsp3) is 0.818. The van der Waals surface area contributed by atoms with Gasteiger partial charge in [0.25, 0.3) is 0 Å². The Bertz CT molecular complexity index is 210. The van der Waals surface area contributed by atoms with Gasteiger partial charge >= 0.3 is 5.97 Å². The summed E-state index contributed by atoms with van der Waals surface area (Å²) in [6, 6.07) is 2.05. The molecular weight excluding hydrogens is 178 g/mol. The fourth-order valence-electron chi connectivity index (χ4n) is 0.976. The van der Waals surface area contributed by atoms with Gasteiger partial charge in [0.15, 0.2) is 0 Å². The van der Waals surface area contributed by atoms with Crippen LogP contribution in [0.3, 0.4) is 0 Å². The Labute approximate surface area is 86.1 Å². The largest absolute Gasteiger partial charge is 0.466 e. The third-order valence-electron chi connectivity index (χ3n) is 1.62. The van der Waals surface area contributed by atoms with Gasteiger partial charge in [0.1, 0.15) is 0 Å². The fourth-order valence-corrected chi connectivity index (χ4v) is 0.976. The van der Waals surface area contributed by atoms with Crippen LogP contribution in [0.4, 0.5) is 0 Å². The summed E-state index contributed by atoms with van der Waals surface area (Å²) in [5.41, 5.74) is -0.0102. The maximum absolute atomic E-state index is 11.2. The number of carbonyl (C=O) groups excluding carboxylic acids is 1. The lowest BCUT2D eigenvalue weighted by Crippen LogP contribution is -2.15. The highest BCUT2D eigenvalue weighted by Crippen LogP contribution is 2.18. The van der Waals surface area contributed by atoms with Crippen LogP contribution in [0.5, 0.6) is 0 Å². The Morgan fingerprint density at radius 1 is 1.36 bits per heavy atom. The lowest BCUT2D eigenvalue weighted by molar-refractivity contribution is -0.145. The normalized spacial score (nSPS) is 10.7. The first-order chi connectivity index (χ1) is 6.45. The Balaban J connectivity index is 3.42. The molecule has 0 rings (SSSR count). The van der Waals surface area contributed by atoms with Crippen molar-refractivity contribution in [1.29, 1.82) is 5.26 Å². The number of esters is 1. The van der Waals surface area contributed by atoms with Gasteiger partial charge in [-0.3, -0.25) is 4.79 Å². The second-order valence-electron chi connectivity index (χ2n) is 4.57. The predicted molar refractivity (Wildman–Crippen MR) is 54.5 cm³/mol. The number of carbonyl (C=O) groups is 1. The minimum atomic E-state index is -0.144. The van der Waals surface area contributed by atoms with Crippen molar-refractivity contribution in [2.45, 2.75) is 46.5 Å². The molecule has 14 heavy (non-hydrogen) atoms. The average molecular weight is 197 g/mol. The third kappa shape index (κ3) is 9.05. The van der Waals surface area contributed by atoms with Crippen molar-refractivity contribution in [2.75, 3.05) is 6.61 Å². The molecule has 0 N–H and O–H groups in total. The third-order valence-corrected chi connectivity index (χ3v) is 1.62. The molecule has 3 nitrogen and oxygen atoms in total. The topological polar surface area (TPSA) is 50.1 Å². The van der Waals surface area contributed by atoms with Crippen LogP contribution >= 0.6 is 0 Å². The molecule has 0 saturated heterocycles. The Hall–Kier alpha value is -1.04. The van der Waals surface area contributed by atoms with Crippen LogP contribution in [-0.4, -0.2) is 12.6 Å². The molecule has 0 aromatic carbocycles. The van der Waals surface area contributed by atoms with Gasteiger partial charge in [-0.05, 0) is 18.3 Å². The van der Waals surface area contributed by atoms with E-state index in [1.54, 1.807) is 0 Å². The molecule has 0 unspecified atom stereocenters. The lowest BCUT2D eigenvalue weighted by atomic mass is 9.92. The minimum Gasteiger partial charge on any atom is -0.466 e. The summed E-state index contributed by atoms with van der Waals surface area (Å²) in [4.78, 5) is 11.2. The summed E-state index contributed by atoms with van der Waals surface area (Å²) in [6.07, 6.45) is 2.57. The molecule has 0 radical (unpaired) electrons. The highest BCUT2D eigenvalue weighted by atomic mass is 16.5. The molecule has 0 bridgehead atoms. The molecule has 3 heteroatoms. The van der Waals surface area contributed by atoms with Crippen LogP contribution in [0.15, 0.2) is 0 Å². The van der Waals surface area contributed by atoms with Crippen molar-refractivity contribution < 1.29 is 9.53 Å². The summed E-state index contributed by atoms with van der Waals surface area (Å²) in [6.45, 7) is 6.45. The van der Waals surface area contributed by atoms with E-state index in [4.69, 9.17) is 10.00 Å². The molecule has 0 fully saturated rings. The molecule has 0 spiro atoms. The van der Waals surface area contributed by atoms with Crippen molar-refractivity contribution in [3.05, 3.63) is 0 Å². The summed E-state index contributed by atoms with van der Waals surface area (Å²) in [7, 11) is 0. The molecule has 0 aromatic rings. The van der Waals surface area contributed by atoms with Crippen LogP contribution in [0.1, 0.15) is 46.5 Å². The van der Waals surface area contributed by atoms with E-state index in [2.05, 4.69) is 6.07 Å². The van der Waals surface area contributed by atoms with Crippen LogP contribution in [0, 0.1) is 16.7 Å². The number of nitrogens with zero attached hydrogens (tertiary/aromatic N) is 1. The van der Waals surface area contributed by atoms with E-state index in [0.29, 0.717) is 19.4 Å². The number of nitriles is 1. The lowest BCUT2D eigenvalue weighted by Gasteiger charge is -2.16. The van der Waals surface area contributed by atoms with Crippen LogP contribution in [0.2, 0.25) is 0 Å². The molecule has 0 amide bonds. The number of ether oxygens (including phenoxy) is 1. The van der Waals surface area contributed by atoms with Gasteiger partial charge in [-0.1, -0.05) is 20.8 Å². The van der Waals surface area contributed by atoms with Gasteiger partial charge in [-0.2, -0.15) is 5.26 Å². The standard InChI is InChI=1S/C11H19NO2/c1-11(2,3)9-10(13)14-8-6-4-5-7-12/h4-6,8-9H2,1-3H3. The smallest absolute Gasteiger partial charge is 0.306 e. The highest BCUT2D eigenvalue weighted by Gasteiger charge is 2.16. The monoisotopic (exact) mass is 197 g/mol. The van der Waals surface area contributed by atoms with E-state index < -0.39 is 0 Å². The van der Waals surface area contributed by atoms with Gasteiger partial charge in [0.2, 0.25) is 0 Å². The summed E-state index contributed by atoms with van der Waals surface area (Å²) < 4.78 is 5.02. The van der Waals surface area contributed by atoms with E-state index in [9.17, 15) is 4.79 Å². The van der Waals surface area contributed by atoms with E-state index >= 15 is 0 Å². The molecule has 0 heterocycles. The van der Waals surface area contributed by atoms with Crippen molar-refractivity contribution in [1.82, 2.24) is 0 Å². The van der Waals surface area contributed by atoms with Crippen LogP contribution < -0.4 is 0 Å². The summed E-state index contributed by atoms with van der Waals surface area (Å²) in [5.74, 6) is -0.144. The first-order valence-electron chi connectivity index (χ1n) is 4.98. The average Bonchev–Trinajstić information content (AvgIpc) is 2.00. The van der Waals surface area contributed by atoms with E-state index in [1.807, 2.05) is 20.8 Å². The number of hydrogen-bond donors (Lipinski definition) is 0. The predicted octanol–water partition coefficient (Wildman–Crippen LogP) is 2.66. The molecule has 0 saturated carbocycles. The number of rotatable bonds is 5. The van der Waals surface area contributed by atoms with Crippen molar-refractivity contribution >= 4 is 5.97 Å². The molecular formula is C11H19NO2. The van der Waals surface area contributed by atoms with Gasteiger partial charge < -0.3 is 4.74 Å². The first kappa shape index (κ1) is 13.0. The van der Waals surface area contributed by atoms with Gasteiger partial charge in [0.05, 0.1) is 19.1 Å². The van der Waals surface area contributed by atoms with E-state index in [-0.39, 0.29) is 11.4 Å². The molecule has 0 aromatic heterocycles. The number of hydrogen-bond acceptors (Lipinski definition) is 3. The molecule has 0 aliphatic heterocycles. The van der Waals surface area contributed by atoms with Crippen molar-refractivity contribution in [2.24, 2.45) is 5.41 Å². The zero-order valence-corrected chi connectivity index (χ0v) is 9.30. The molecule has 0 aliphatic carbocycles. The Kier molecular flexibility index (Phi) is 5.94. The second-order valence-corrected chi connectivity index (χ2v) is 4.57. The van der Waals surface area contributed by atoms with Gasteiger partial charge in [0, 0.05) is 6.42 Å². The van der Waals surface area contributed by atoms with Crippen molar-refractivity contribution in [3.8, 4) is 6.07 Å². The molecule has 0 aliphatic rings. The highest BCUT2D eigenvalue weighted by molar-refractivity contribution is 5.70. The molecule has 0 atom stereocenters. The maximum Gasteiger partial charge on any atom is 0.306 e. The zero-order chi connectivity index (χ0) is 11.0. The summed E-state index contributed by atoms with van der Waals surface area (Å²) in [5, 5.41) is 8.27. The first-order valence-corrected chi connectivity index (χ1v) is 4.98. The maximum atomic E-state index is 11.2. The van der Waals surface area contributed by atoms with Gasteiger partial charge in [-0.15, -0.1) is 0 Å². The molecule has 80 valence electrons. The van der Waals surface area contributed by atoms with Gasteiger partial charge in [-0.25, -0.2) is 0 Å². The quantitative estimate of drug-likeness (QED) is 0.503. The summed E-state index contributed by atoms with van der Waals surface area (Å²) >= 11 is 0. The zero-order valence-electron chi connectivity index (χ0n) is 9.30. The number of unbranched alkanes of at least 4 members (excludes halogenated alkanes) is 2. The van der Waals surface area contributed by atoms with Crippen LogP contribution in [0.25, 0.3) is 0 Å². The second kappa shape index (κ2) is 6.42. The Morgan fingerprint density at radius 2 is 2.00 bits per heavy atom. The SMILES string of the molecule is CC(C)(C)CC(=O)OCCCCC#N. The minimum absolute atomic E-state index is 0.0102. The van der Waals surface area contributed by atoms with E-state index in [0.717, 1.165) is 12.8 Å². The van der Waals surface area contributed by atoms with Crippen LogP contribution in [-0.2, 0) is 9.53 Å². The van der Waals surface area contributed by atoms with E-state index in [1.165, 1.54) is 0 Å².